The molecule has 0 unspecified atom stereocenters. The molecule has 1 saturated heterocycles. The van der Waals surface area contributed by atoms with Crippen LogP contribution in [-0.4, -0.2) is 41.1 Å². The predicted molar refractivity (Wildman–Crippen MR) is 105 cm³/mol. The molecule has 1 amide bonds. The molecule has 1 aliphatic heterocycles. The number of amides is 1. The maximum atomic E-state index is 13.0. The van der Waals surface area contributed by atoms with Gasteiger partial charge >= 0.3 is 0 Å². The third-order valence-corrected chi connectivity index (χ3v) is 6.56. The summed E-state index contributed by atoms with van der Waals surface area (Å²) in [6, 6.07) is 9.33. The van der Waals surface area contributed by atoms with E-state index in [1.54, 1.807) is 29.2 Å². The first kappa shape index (κ1) is 18.1. The number of hydrogen-bond donors (Lipinski definition) is 1. The van der Waals surface area contributed by atoms with Gasteiger partial charge in [0.25, 0.3) is 15.9 Å². The van der Waals surface area contributed by atoms with Gasteiger partial charge in [0.2, 0.25) is 0 Å². The standard InChI is InChI=1S/C17H15ClN4O3S2/c18-11-6-7-12(17(23)22-8-1-2-9-22)14(10-11)21-27(24,25)15-5-3-4-13-16(15)20-26-19-13/h3-7,10,21H,1-2,8-9H2. The second-order valence-electron chi connectivity index (χ2n) is 6.18. The number of rotatable bonds is 4. The Morgan fingerprint density at radius 1 is 1.15 bits per heavy atom. The van der Waals surface area contributed by atoms with Crippen molar-refractivity contribution in [3.05, 3.63) is 47.0 Å². The zero-order valence-electron chi connectivity index (χ0n) is 14.1. The monoisotopic (exact) mass is 422 g/mol. The van der Waals surface area contributed by atoms with Gasteiger partial charge in [0, 0.05) is 18.1 Å². The Bertz CT molecular complexity index is 1120. The normalized spacial score (nSPS) is 14.6. The van der Waals surface area contributed by atoms with Crippen molar-refractivity contribution >= 4 is 56.0 Å². The summed E-state index contributed by atoms with van der Waals surface area (Å²) in [6.45, 7) is 1.33. The first-order chi connectivity index (χ1) is 13.0. The molecule has 0 saturated carbocycles. The Kier molecular flexibility index (Phi) is 4.75. The highest BCUT2D eigenvalue weighted by molar-refractivity contribution is 7.93. The van der Waals surface area contributed by atoms with Gasteiger partial charge in [-0.3, -0.25) is 9.52 Å². The van der Waals surface area contributed by atoms with Crippen molar-refractivity contribution in [2.24, 2.45) is 0 Å². The lowest BCUT2D eigenvalue weighted by molar-refractivity contribution is 0.0794. The average molecular weight is 423 g/mol. The predicted octanol–water partition coefficient (Wildman–Crippen LogP) is 3.38. The lowest BCUT2D eigenvalue weighted by Crippen LogP contribution is -2.29. The van der Waals surface area contributed by atoms with Crippen LogP contribution >= 0.6 is 23.3 Å². The molecular weight excluding hydrogens is 408 g/mol. The summed E-state index contributed by atoms with van der Waals surface area (Å²) >= 11 is 7.00. The van der Waals surface area contributed by atoms with Gasteiger partial charge in [0.05, 0.1) is 23.0 Å². The van der Waals surface area contributed by atoms with Gasteiger partial charge in [0.15, 0.2) is 0 Å². The van der Waals surface area contributed by atoms with Gasteiger partial charge in [-0.25, -0.2) is 8.42 Å². The average Bonchev–Trinajstić information content (AvgIpc) is 3.32. The van der Waals surface area contributed by atoms with E-state index in [1.807, 2.05) is 0 Å². The van der Waals surface area contributed by atoms with E-state index in [9.17, 15) is 13.2 Å². The Morgan fingerprint density at radius 2 is 1.93 bits per heavy atom. The van der Waals surface area contributed by atoms with Crippen molar-refractivity contribution in [2.75, 3.05) is 17.8 Å². The quantitative estimate of drug-likeness (QED) is 0.695. The molecule has 1 aromatic heterocycles. The lowest BCUT2D eigenvalue weighted by Gasteiger charge is -2.18. The highest BCUT2D eigenvalue weighted by Crippen LogP contribution is 2.28. The molecule has 1 N–H and O–H groups in total. The van der Waals surface area contributed by atoms with Crippen LogP contribution in [0.15, 0.2) is 41.3 Å². The molecule has 0 radical (unpaired) electrons. The Balaban J connectivity index is 1.74. The van der Waals surface area contributed by atoms with E-state index in [2.05, 4.69) is 13.5 Å². The summed E-state index contributed by atoms with van der Waals surface area (Å²) in [4.78, 5) is 14.5. The number of fused-ring (bicyclic) bond motifs is 1. The molecule has 1 fully saturated rings. The van der Waals surface area contributed by atoms with Crippen LogP contribution < -0.4 is 4.72 Å². The van der Waals surface area contributed by atoms with E-state index in [0.29, 0.717) is 29.1 Å². The van der Waals surface area contributed by atoms with E-state index >= 15 is 0 Å². The van der Waals surface area contributed by atoms with Gasteiger partial charge in [-0.2, -0.15) is 8.75 Å². The summed E-state index contributed by atoms with van der Waals surface area (Å²) < 4.78 is 36.6. The van der Waals surface area contributed by atoms with E-state index in [-0.39, 0.29) is 22.1 Å². The van der Waals surface area contributed by atoms with Crippen molar-refractivity contribution in [2.45, 2.75) is 17.7 Å². The van der Waals surface area contributed by atoms with Gasteiger partial charge in [-0.15, -0.1) is 0 Å². The Morgan fingerprint density at radius 3 is 2.70 bits per heavy atom. The number of aromatic nitrogens is 2. The van der Waals surface area contributed by atoms with Crippen LogP contribution in [0.1, 0.15) is 23.2 Å². The molecule has 10 heteroatoms. The van der Waals surface area contributed by atoms with Crippen molar-refractivity contribution < 1.29 is 13.2 Å². The van der Waals surface area contributed by atoms with Crippen molar-refractivity contribution in [1.29, 1.82) is 0 Å². The first-order valence-corrected chi connectivity index (χ1v) is 10.9. The van der Waals surface area contributed by atoms with Crippen molar-refractivity contribution in [3.63, 3.8) is 0 Å². The third-order valence-electron chi connectivity index (χ3n) is 4.39. The number of nitrogens with zero attached hydrogens (tertiary/aromatic N) is 3. The number of benzene rings is 2. The molecule has 140 valence electrons. The lowest BCUT2D eigenvalue weighted by atomic mass is 10.1. The van der Waals surface area contributed by atoms with Crippen LogP contribution in [0, 0.1) is 0 Å². The third kappa shape index (κ3) is 3.50. The summed E-state index contributed by atoms with van der Waals surface area (Å²) in [6.07, 6.45) is 1.89. The van der Waals surface area contributed by atoms with Crippen LogP contribution in [0.25, 0.3) is 11.0 Å². The van der Waals surface area contributed by atoms with Crippen LogP contribution in [0.3, 0.4) is 0 Å². The van der Waals surface area contributed by atoms with Crippen LogP contribution in [0.4, 0.5) is 5.69 Å². The number of hydrogen-bond acceptors (Lipinski definition) is 6. The van der Waals surface area contributed by atoms with Gasteiger partial charge in [0.1, 0.15) is 15.9 Å². The second-order valence-corrected chi connectivity index (χ2v) is 8.80. The van der Waals surface area contributed by atoms with Gasteiger partial charge in [-0.1, -0.05) is 17.7 Å². The summed E-state index contributed by atoms with van der Waals surface area (Å²) in [5.41, 5.74) is 1.22. The fraction of sp³-hybridized carbons (Fsp3) is 0.235. The first-order valence-electron chi connectivity index (χ1n) is 8.29. The van der Waals surface area contributed by atoms with Gasteiger partial charge in [-0.05, 0) is 43.2 Å². The highest BCUT2D eigenvalue weighted by atomic mass is 35.5. The Hall–Kier alpha value is -2.23. The van der Waals surface area contributed by atoms with E-state index in [0.717, 1.165) is 24.6 Å². The minimum Gasteiger partial charge on any atom is -0.339 e. The minimum absolute atomic E-state index is 0.00768. The number of carbonyl (C=O) groups is 1. The zero-order chi connectivity index (χ0) is 19.0. The zero-order valence-corrected chi connectivity index (χ0v) is 16.4. The van der Waals surface area contributed by atoms with Crippen LogP contribution in [0.2, 0.25) is 5.02 Å². The van der Waals surface area contributed by atoms with Crippen LogP contribution in [0.5, 0.6) is 0 Å². The molecule has 27 heavy (non-hydrogen) atoms. The number of sulfonamides is 1. The molecular formula is C17H15ClN4O3S2. The minimum atomic E-state index is -3.98. The fourth-order valence-electron chi connectivity index (χ4n) is 3.08. The SMILES string of the molecule is O=C(c1ccc(Cl)cc1NS(=O)(=O)c1cccc2nsnc12)N1CCCC1. The molecule has 1 aliphatic rings. The van der Waals surface area contributed by atoms with Crippen molar-refractivity contribution in [3.8, 4) is 0 Å². The molecule has 2 aromatic carbocycles. The number of anilines is 1. The molecule has 4 rings (SSSR count). The van der Waals surface area contributed by atoms with E-state index in [1.165, 1.54) is 12.1 Å². The maximum Gasteiger partial charge on any atom is 0.264 e. The molecule has 7 nitrogen and oxygen atoms in total. The van der Waals surface area contributed by atoms with E-state index in [4.69, 9.17) is 11.6 Å². The molecule has 3 aromatic rings. The molecule has 0 aliphatic carbocycles. The maximum absolute atomic E-state index is 13.0. The number of likely N-dealkylation sites (tertiary alicyclic amines) is 1. The smallest absolute Gasteiger partial charge is 0.264 e. The summed E-state index contributed by atoms with van der Waals surface area (Å²) in [7, 11) is -3.98. The summed E-state index contributed by atoms with van der Waals surface area (Å²) in [5, 5.41) is 0.333. The van der Waals surface area contributed by atoms with E-state index < -0.39 is 10.0 Å². The number of halogens is 1. The van der Waals surface area contributed by atoms with Gasteiger partial charge < -0.3 is 4.90 Å². The topological polar surface area (TPSA) is 92.3 Å². The van der Waals surface area contributed by atoms with Crippen molar-refractivity contribution in [1.82, 2.24) is 13.6 Å². The number of nitrogens with one attached hydrogen (secondary N) is 1. The second kappa shape index (κ2) is 7.06. The molecule has 0 atom stereocenters. The Labute approximate surface area is 165 Å². The largest absolute Gasteiger partial charge is 0.339 e. The number of carbonyl (C=O) groups excluding carboxylic acids is 1. The molecule has 0 spiro atoms. The van der Waals surface area contributed by atoms with Crippen LogP contribution in [-0.2, 0) is 10.0 Å². The highest BCUT2D eigenvalue weighted by Gasteiger charge is 2.26. The molecule has 2 heterocycles. The fourth-order valence-corrected chi connectivity index (χ4v) is 5.09. The summed E-state index contributed by atoms with van der Waals surface area (Å²) in [5.74, 6) is -0.213. The molecule has 0 bridgehead atoms.